The van der Waals surface area contributed by atoms with Crippen LogP contribution in [0.5, 0.6) is 0 Å². The Bertz CT molecular complexity index is 1870. The summed E-state index contributed by atoms with van der Waals surface area (Å²) in [6.45, 7) is 5.98. The number of nitrogens with zero attached hydrogens (tertiary/aromatic N) is 12. The molecule has 0 amide bonds. The topological polar surface area (TPSA) is 123 Å². The van der Waals surface area contributed by atoms with Crippen molar-refractivity contribution in [3.8, 4) is 56.7 Å². The fraction of sp³-hybridized carbons (Fsp3) is 0.235. The van der Waals surface area contributed by atoms with Gasteiger partial charge in [-0.1, -0.05) is 61.4 Å². The van der Waals surface area contributed by atoms with E-state index in [9.17, 15) is 0 Å². The van der Waals surface area contributed by atoms with E-state index >= 15 is 0 Å². The second-order valence-corrected chi connectivity index (χ2v) is 11.1. The van der Waals surface area contributed by atoms with Crippen molar-refractivity contribution in [2.45, 2.75) is 52.6 Å². The van der Waals surface area contributed by atoms with Crippen LogP contribution in [0.15, 0.2) is 97.8 Å². The number of hydrogen-bond donors (Lipinski definition) is 0. The van der Waals surface area contributed by atoms with Crippen molar-refractivity contribution in [2.24, 2.45) is 0 Å². The third kappa shape index (κ3) is 6.23. The molecule has 0 unspecified atom stereocenters. The third-order valence-electron chi connectivity index (χ3n) is 7.74. The zero-order chi connectivity index (χ0) is 31.3. The standard InChI is InChI=1S/C34H34N12/c1-3-5-15-43-23-31(39-41-43)29-19-27(21-33(37-29)45-17-7-13-35-45)25-9-11-26(12-10-25)28-20-30(32-24-44(42-40-32)16-6-4-2)38-34(22-28)46-18-8-14-36-46/h7-14,17-24H,3-6,15-16H2,1-2H3. The normalized spacial score (nSPS) is 11.3. The van der Waals surface area contributed by atoms with Crippen LogP contribution in [0.2, 0.25) is 0 Å². The summed E-state index contributed by atoms with van der Waals surface area (Å²) in [6, 6.07) is 20.4. The Labute approximate surface area is 266 Å². The van der Waals surface area contributed by atoms with E-state index in [0.717, 1.165) is 83.8 Å². The zero-order valence-electron chi connectivity index (χ0n) is 25.8. The largest absolute Gasteiger partial charge is 0.252 e. The molecule has 0 atom stereocenters. The minimum atomic E-state index is 0.708. The van der Waals surface area contributed by atoms with Crippen molar-refractivity contribution in [3.63, 3.8) is 0 Å². The first-order valence-electron chi connectivity index (χ1n) is 15.6. The summed E-state index contributed by atoms with van der Waals surface area (Å²) in [5.74, 6) is 1.42. The van der Waals surface area contributed by atoms with Gasteiger partial charge in [-0.25, -0.2) is 19.3 Å². The molecule has 0 fully saturated rings. The highest BCUT2D eigenvalue weighted by molar-refractivity contribution is 5.76. The number of hydrogen-bond acceptors (Lipinski definition) is 8. The van der Waals surface area contributed by atoms with Crippen LogP contribution in [0, 0.1) is 0 Å². The fourth-order valence-corrected chi connectivity index (χ4v) is 5.22. The Morgan fingerprint density at radius 2 is 1.00 bits per heavy atom. The summed E-state index contributed by atoms with van der Waals surface area (Å²) in [5, 5.41) is 26.3. The highest BCUT2D eigenvalue weighted by atomic mass is 15.4. The van der Waals surface area contributed by atoms with E-state index < -0.39 is 0 Å². The molecular weight excluding hydrogens is 576 g/mol. The molecule has 7 aromatic rings. The van der Waals surface area contributed by atoms with E-state index in [1.807, 2.05) is 58.4 Å². The lowest BCUT2D eigenvalue weighted by Gasteiger charge is -2.11. The van der Waals surface area contributed by atoms with Gasteiger partial charge in [0, 0.05) is 37.9 Å². The highest BCUT2D eigenvalue weighted by Gasteiger charge is 2.14. The lowest BCUT2D eigenvalue weighted by Crippen LogP contribution is -2.01. The average molecular weight is 611 g/mol. The monoisotopic (exact) mass is 610 g/mol. The molecule has 7 rings (SSSR count). The highest BCUT2D eigenvalue weighted by Crippen LogP contribution is 2.31. The maximum absolute atomic E-state index is 4.88. The molecule has 46 heavy (non-hydrogen) atoms. The first-order chi connectivity index (χ1) is 22.7. The van der Waals surface area contributed by atoms with E-state index in [-0.39, 0.29) is 0 Å². The van der Waals surface area contributed by atoms with E-state index in [0.29, 0.717) is 11.6 Å². The van der Waals surface area contributed by atoms with Crippen molar-refractivity contribution in [3.05, 3.63) is 97.8 Å². The van der Waals surface area contributed by atoms with Gasteiger partial charge in [-0.05, 0) is 71.5 Å². The number of aryl methyl sites for hydroxylation is 2. The molecule has 0 saturated carbocycles. The lowest BCUT2D eigenvalue weighted by molar-refractivity contribution is 0.553. The van der Waals surface area contributed by atoms with Gasteiger partial charge >= 0.3 is 0 Å². The number of aromatic nitrogens is 12. The smallest absolute Gasteiger partial charge is 0.154 e. The van der Waals surface area contributed by atoms with Crippen molar-refractivity contribution >= 4 is 0 Å². The molecule has 0 aliphatic heterocycles. The summed E-state index contributed by atoms with van der Waals surface area (Å²) in [5.41, 5.74) is 7.02. The molecule has 230 valence electrons. The summed E-state index contributed by atoms with van der Waals surface area (Å²) in [6.07, 6.45) is 15.5. The van der Waals surface area contributed by atoms with Crippen LogP contribution in [-0.2, 0) is 13.1 Å². The number of rotatable bonds is 12. The van der Waals surface area contributed by atoms with E-state index in [4.69, 9.17) is 9.97 Å². The minimum absolute atomic E-state index is 0.708. The summed E-state index contributed by atoms with van der Waals surface area (Å²) >= 11 is 0. The fourth-order valence-electron chi connectivity index (χ4n) is 5.22. The second-order valence-electron chi connectivity index (χ2n) is 11.1. The molecule has 0 saturated heterocycles. The summed E-state index contributed by atoms with van der Waals surface area (Å²) in [7, 11) is 0. The SMILES string of the molecule is CCCCn1cc(-c2cc(-c3ccc(-c4cc(-c5cn(CCCC)nn5)nc(-n5cccn5)c4)cc3)cc(-n3cccn3)n2)nn1. The molecule has 6 heterocycles. The molecule has 0 radical (unpaired) electrons. The molecule has 12 heteroatoms. The molecule has 12 nitrogen and oxygen atoms in total. The van der Waals surface area contributed by atoms with Gasteiger partial charge in [-0.2, -0.15) is 10.2 Å². The van der Waals surface area contributed by atoms with Crippen molar-refractivity contribution in [1.82, 2.24) is 59.5 Å². The predicted molar refractivity (Wildman–Crippen MR) is 175 cm³/mol. The molecule has 1 aromatic carbocycles. The maximum Gasteiger partial charge on any atom is 0.154 e. The van der Waals surface area contributed by atoms with Crippen molar-refractivity contribution < 1.29 is 0 Å². The van der Waals surface area contributed by atoms with E-state index in [2.05, 4.69) is 81.1 Å². The number of pyridine rings is 2. The van der Waals surface area contributed by atoms with Gasteiger partial charge in [0.05, 0.1) is 23.8 Å². The van der Waals surface area contributed by atoms with Crippen molar-refractivity contribution in [1.29, 1.82) is 0 Å². The number of benzene rings is 1. The van der Waals surface area contributed by atoms with E-state index in [1.165, 1.54) is 0 Å². The molecule has 0 spiro atoms. The molecular formula is C34H34N12. The van der Waals surface area contributed by atoms with Gasteiger partial charge in [0.2, 0.25) is 0 Å². The van der Waals surface area contributed by atoms with Crippen LogP contribution in [0.3, 0.4) is 0 Å². The minimum Gasteiger partial charge on any atom is -0.252 e. The molecule has 0 aliphatic carbocycles. The third-order valence-corrected chi connectivity index (χ3v) is 7.74. The van der Waals surface area contributed by atoms with Gasteiger partial charge in [0.15, 0.2) is 11.6 Å². The Morgan fingerprint density at radius 3 is 1.39 bits per heavy atom. The van der Waals surface area contributed by atoms with Crippen LogP contribution in [0.4, 0.5) is 0 Å². The average Bonchev–Trinajstić information content (AvgIpc) is 3.94. The van der Waals surface area contributed by atoms with Gasteiger partial charge in [-0.3, -0.25) is 9.36 Å². The van der Waals surface area contributed by atoms with Crippen LogP contribution in [0.1, 0.15) is 39.5 Å². The number of unbranched alkanes of at least 4 members (excludes halogenated alkanes) is 2. The maximum atomic E-state index is 4.88. The van der Waals surface area contributed by atoms with Crippen LogP contribution < -0.4 is 0 Å². The lowest BCUT2D eigenvalue weighted by atomic mass is 9.99. The molecule has 6 aromatic heterocycles. The molecule has 0 bridgehead atoms. The van der Waals surface area contributed by atoms with Gasteiger partial charge in [0.25, 0.3) is 0 Å². The van der Waals surface area contributed by atoms with Gasteiger partial charge in [-0.15, -0.1) is 10.2 Å². The quantitative estimate of drug-likeness (QED) is 0.158. The second kappa shape index (κ2) is 13.1. The predicted octanol–water partition coefficient (Wildman–Crippen LogP) is 6.30. The van der Waals surface area contributed by atoms with Crippen LogP contribution in [-0.4, -0.2) is 59.5 Å². The summed E-state index contributed by atoms with van der Waals surface area (Å²) in [4.78, 5) is 9.76. The Morgan fingerprint density at radius 1 is 0.543 bits per heavy atom. The molecule has 0 N–H and O–H groups in total. The first kappa shape index (κ1) is 29.0. The Hall–Kier alpha value is -5.78. The first-order valence-corrected chi connectivity index (χ1v) is 15.6. The Kier molecular flexibility index (Phi) is 8.23. The Balaban J connectivity index is 1.24. The van der Waals surface area contributed by atoms with Gasteiger partial charge < -0.3 is 0 Å². The zero-order valence-corrected chi connectivity index (χ0v) is 25.8. The summed E-state index contributed by atoms with van der Waals surface area (Å²) < 4.78 is 7.27. The van der Waals surface area contributed by atoms with Crippen LogP contribution in [0.25, 0.3) is 56.7 Å². The van der Waals surface area contributed by atoms with Crippen LogP contribution >= 0.6 is 0 Å². The van der Waals surface area contributed by atoms with Crippen molar-refractivity contribution in [2.75, 3.05) is 0 Å². The van der Waals surface area contributed by atoms with Gasteiger partial charge in [0.1, 0.15) is 11.4 Å². The molecule has 0 aliphatic rings. The van der Waals surface area contributed by atoms with E-state index in [1.54, 1.807) is 21.8 Å².